The SMILES string of the molecule is COc1cccc(CC(=O)Oc2ccccc2C(F)(F)F)c1. The summed E-state index contributed by atoms with van der Waals surface area (Å²) in [5.41, 5.74) is -0.386. The second-order valence-corrected chi connectivity index (χ2v) is 4.50. The van der Waals surface area contributed by atoms with Crippen LogP contribution in [-0.2, 0) is 17.4 Å². The predicted molar refractivity (Wildman–Crippen MR) is 73.8 cm³/mol. The van der Waals surface area contributed by atoms with E-state index >= 15 is 0 Å². The first-order chi connectivity index (χ1) is 10.4. The topological polar surface area (TPSA) is 35.5 Å². The van der Waals surface area contributed by atoms with Crippen molar-refractivity contribution in [1.29, 1.82) is 0 Å². The normalized spacial score (nSPS) is 11.1. The van der Waals surface area contributed by atoms with E-state index in [0.717, 1.165) is 12.1 Å². The number of para-hydroxylation sites is 1. The highest BCUT2D eigenvalue weighted by Gasteiger charge is 2.34. The molecule has 0 heterocycles. The molecule has 6 heteroatoms. The van der Waals surface area contributed by atoms with Crippen LogP contribution in [0, 0.1) is 0 Å². The fourth-order valence-electron chi connectivity index (χ4n) is 1.90. The Balaban J connectivity index is 2.13. The van der Waals surface area contributed by atoms with E-state index in [0.29, 0.717) is 11.3 Å². The summed E-state index contributed by atoms with van der Waals surface area (Å²) in [6.07, 6.45) is -4.73. The molecule has 0 aliphatic heterocycles. The van der Waals surface area contributed by atoms with Gasteiger partial charge in [0.15, 0.2) is 0 Å². The fourth-order valence-corrected chi connectivity index (χ4v) is 1.90. The zero-order chi connectivity index (χ0) is 16.2. The molecule has 0 aliphatic rings. The number of alkyl halides is 3. The van der Waals surface area contributed by atoms with Crippen LogP contribution < -0.4 is 9.47 Å². The van der Waals surface area contributed by atoms with Gasteiger partial charge in [-0.2, -0.15) is 13.2 Å². The lowest BCUT2D eigenvalue weighted by Crippen LogP contribution is -2.15. The van der Waals surface area contributed by atoms with Crippen molar-refractivity contribution < 1.29 is 27.4 Å². The standard InChI is InChI=1S/C16H13F3O3/c1-21-12-6-4-5-11(9-12)10-15(20)22-14-8-3-2-7-13(14)16(17,18)19/h2-9H,10H2,1H3. The zero-order valence-electron chi connectivity index (χ0n) is 11.7. The van der Waals surface area contributed by atoms with Crippen LogP contribution in [0.2, 0.25) is 0 Å². The molecule has 0 aromatic heterocycles. The summed E-state index contributed by atoms with van der Waals surface area (Å²) in [5.74, 6) is -0.714. The highest BCUT2D eigenvalue weighted by molar-refractivity contribution is 5.75. The Morgan fingerprint density at radius 3 is 2.50 bits per heavy atom. The van der Waals surface area contributed by atoms with Crippen LogP contribution in [0.25, 0.3) is 0 Å². The van der Waals surface area contributed by atoms with Crippen molar-refractivity contribution in [2.24, 2.45) is 0 Å². The Morgan fingerprint density at radius 1 is 1.09 bits per heavy atom. The summed E-state index contributed by atoms with van der Waals surface area (Å²) in [5, 5.41) is 0. The second-order valence-electron chi connectivity index (χ2n) is 4.50. The number of hydrogen-bond donors (Lipinski definition) is 0. The van der Waals surface area contributed by atoms with Gasteiger partial charge in [-0.05, 0) is 29.8 Å². The first-order valence-corrected chi connectivity index (χ1v) is 6.40. The third kappa shape index (κ3) is 4.00. The van der Waals surface area contributed by atoms with E-state index in [9.17, 15) is 18.0 Å². The van der Waals surface area contributed by atoms with Crippen molar-refractivity contribution >= 4 is 5.97 Å². The summed E-state index contributed by atoms with van der Waals surface area (Å²) < 4.78 is 48.3. The number of ether oxygens (including phenoxy) is 2. The maximum atomic E-state index is 12.8. The molecule has 0 amide bonds. The number of carbonyl (C=O) groups is 1. The lowest BCUT2D eigenvalue weighted by atomic mass is 10.1. The van der Waals surface area contributed by atoms with Gasteiger partial charge in [-0.15, -0.1) is 0 Å². The minimum absolute atomic E-state index is 0.149. The zero-order valence-corrected chi connectivity index (χ0v) is 11.7. The molecule has 0 saturated carbocycles. The molecule has 2 aromatic rings. The molecule has 0 fully saturated rings. The summed E-state index contributed by atoms with van der Waals surface area (Å²) in [4.78, 5) is 11.8. The third-order valence-corrected chi connectivity index (χ3v) is 2.90. The Labute approximate surface area is 125 Å². The molecule has 2 aromatic carbocycles. The molecule has 0 bridgehead atoms. The molecule has 0 aliphatic carbocycles. The monoisotopic (exact) mass is 310 g/mol. The maximum absolute atomic E-state index is 12.8. The van der Waals surface area contributed by atoms with Crippen LogP contribution in [-0.4, -0.2) is 13.1 Å². The van der Waals surface area contributed by atoms with Crippen LogP contribution in [0.1, 0.15) is 11.1 Å². The Morgan fingerprint density at radius 2 is 1.82 bits per heavy atom. The minimum Gasteiger partial charge on any atom is -0.497 e. The molecule has 0 atom stereocenters. The quantitative estimate of drug-likeness (QED) is 0.635. The average molecular weight is 310 g/mol. The van der Waals surface area contributed by atoms with E-state index in [4.69, 9.17) is 9.47 Å². The third-order valence-electron chi connectivity index (χ3n) is 2.90. The van der Waals surface area contributed by atoms with Gasteiger partial charge < -0.3 is 9.47 Å². The highest BCUT2D eigenvalue weighted by atomic mass is 19.4. The first-order valence-electron chi connectivity index (χ1n) is 6.40. The van der Waals surface area contributed by atoms with Gasteiger partial charge in [-0.3, -0.25) is 4.79 Å². The van der Waals surface area contributed by atoms with Crippen molar-refractivity contribution in [3.63, 3.8) is 0 Å². The fraction of sp³-hybridized carbons (Fsp3) is 0.188. The number of carbonyl (C=O) groups excluding carboxylic acids is 1. The van der Waals surface area contributed by atoms with Crippen molar-refractivity contribution in [2.45, 2.75) is 12.6 Å². The molecule has 116 valence electrons. The van der Waals surface area contributed by atoms with Gasteiger partial charge in [0.25, 0.3) is 0 Å². The van der Waals surface area contributed by atoms with Gasteiger partial charge in [-0.25, -0.2) is 0 Å². The number of halogens is 3. The maximum Gasteiger partial charge on any atom is 0.419 e. The van der Waals surface area contributed by atoms with Gasteiger partial charge in [0, 0.05) is 0 Å². The Bertz CT molecular complexity index is 666. The molecule has 0 saturated heterocycles. The molecular formula is C16H13F3O3. The minimum atomic E-state index is -4.58. The number of hydrogen-bond acceptors (Lipinski definition) is 3. The molecule has 3 nitrogen and oxygen atoms in total. The highest BCUT2D eigenvalue weighted by Crippen LogP contribution is 2.36. The molecule has 0 radical (unpaired) electrons. The van der Waals surface area contributed by atoms with Gasteiger partial charge in [0.1, 0.15) is 11.5 Å². The van der Waals surface area contributed by atoms with E-state index in [1.54, 1.807) is 24.3 Å². The van der Waals surface area contributed by atoms with E-state index in [-0.39, 0.29) is 6.42 Å². The van der Waals surface area contributed by atoms with Crippen LogP contribution in [0.15, 0.2) is 48.5 Å². The van der Waals surface area contributed by atoms with E-state index in [1.807, 2.05) is 0 Å². The molecular weight excluding hydrogens is 297 g/mol. The van der Waals surface area contributed by atoms with E-state index in [1.165, 1.54) is 19.2 Å². The first kappa shape index (κ1) is 15.9. The molecule has 22 heavy (non-hydrogen) atoms. The number of esters is 1. The second kappa shape index (κ2) is 6.51. The van der Waals surface area contributed by atoms with Gasteiger partial charge in [0.05, 0.1) is 19.1 Å². The summed E-state index contributed by atoms with van der Waals surface area (Å²) in [6.45, 7) is 0. The van der Waals surface area contributed by atoms with E-state index < -0.39 is 23.5 Å². The largest absolute Gasteiger partial charge is 0.497 e. The van der Waals surface area contributed by atoms with Gasteiger partial charge in [0.2, 0.25) is 0 Å². The summed E-state index contributed by atoms with van der Waals surface area (Å²) in [7, 11) is 1.48. The average Bonchev–Trinajstić information content (AvgIpc) is 2.46. The number of rotatable bonds is 4. The molecule has 0 N–H and O–H groups in total. The van der Waals surface area contributed by atoms with Crippen LogP contribution >= 0.6 is 0 Å². The van der Waals surface area contributed by atoms with E-state index in [2.05, 4.69) is 0 Å². The van der Waals surface area contributed by atoms with Gasteiger partial charge in [-0.1, -0.05) is 24.3 Å². The predicted octanol–water partition coefficient (Wildman–Crippen LogP) is 3.86. The van der Waals surface area contributed by atoms with Crippen LogP contribution in [0.4, 0.5) is 13.2 Å². The van der Waals surface area contributed by atoms with Crippen molar-refractivity contribution in [3.8, 4) is 11.5 Å². The van der Waals surface area contributed by atoms with Crippen LogP contribution in [0.5, 0.6) is 11.5 Å². The number of methoxy groups -OCH3 is 1. The van der Waals surface area contributed by atoms with Crippen molar-refractivity contribution in [3.05, 3.63) is 59.7 Å². The Hall–Kier alpha value is -2.50. The summed E-state index contributed by atoms with van der Waals surface area (Å²) in [6, 6.07) is 11.3. The molecule has 0 unspecified atom stereocenters. The number of benzene rings is 2. The molecule has 2 rings (SSSR count). The van der Waals surface area contributed by atoms with Crippen LogP contribution in [0.3, 0.4) is 0 Å². The lowest BCUT2D eigenvalue weighted by molar-refractivity contribution is -0.142. The molecule has 0 spiro atoms. The van der Waals surface area contributed by atoms with Gasteiger partial charge >= 0.3 is 12.1 Å². The lowest BCUT2D eigenvalue weighted by Gasteiger charge is -2.12. The van der Waals surface area contributed by atoms with Crippen molar-refractivity contribution in [1.82, 2.24) is 0 Å². The smallest absolute Gasteiger partial charge is 0.419 e. The summed E-state index contributed by atoms with van der Waals surface area (Å²) >= 11 is 0. The van der Waals surface area contributed by atoms with Crippen molar-refractivity contribution in [2.75, 3.05) is 7.11 Å². The Kier molecular flexibility index (Phi) is 4.70.